The minimum atomic E-state index is 0.209. The van der Waals surface area contributed by atoms with E-state index >= 15 is 0 Å². The summed E-state index contributed by atoms with van der Waals surface area (Å²) in [6.45, 7) is 11.0. The zero-order chi connectivity index (χ0) is 15.5. The molecule has 2 aliphatic rings. The number of nitrogens with zero attached hydrogens (tertiary/aromatic N) is 4. The van der Waals surface area contributed by atoms with Gasteiger partial charge in [0.15, 0.2) is 0 Å². The summed E-state index contributed by atoms with van der Waals surface area (Å²) in [7, 11) is 0. The van der Waals surface area contributed by atoms with Gasteiger partial charge in [0.25, 0.3) is 0 Å². The van der Waals surface area contributed by atoms with Crippen LogP contribution >= 0.6 is 0 Å². The van der Waals surface area contributed by atoms with E-state index in [2.05, 4.69) is 26.7 Å². The molecule has 2 aliphatic heterocycles. The Kier molecular flexibility index (Phi) is 4.78. The maximum absolute atomic E-state index is 11.6. The molecule has 0 bridgehead atoms. The second-order valence-corrected chi connectivity index (χ2v) is 6.67. The van der Waals surface area contributed by atoms with Crippen LogP contribution < -0.4 is 0 Å². The first-order valence-corrected chi connectivity index (χ1v) is 8.33. The van der Waals surface area contributed by atoms with Crippen molar-refractivity contribution in [2.45, 2.75) is 32.9 Å². The lowest BCUT2D eigenvalue weighted by Gasteiger charge is -2.30. The summed E-state index contributed by atoms with van der Waals surface area (Å²) in [6.07, 6.45) is 4.79. The zero-order valence-corrected chi connectivity index (χ0v) is 13.7. The number of nitrogens with one attached hydrogen (secondary N) is 1. The Balaban J connectivity index is 1.56. The van der Waals surface area contributed by atoms with E-state index in [0.717, 1.165) is 58.1 Å². The summed E-state index contributed by atoms with van der Waals surface area (Å²) in [6, 6.07) is 0.599. The first-order valence-electron chi connectivity index (χ1n) is 8.33. The van der Waals surface area contributed by atoms with Gasteiger partial charge in [-0.25, -0.2) is 4.98 Å². The molecular formula is C16H27N5O. The summed E-state index contributed by atoms with van der Waals surface area (Å²) < 4.78 is 0. The zero-order valence-electron chi connectivity index (χ0n) is 13.7. The molecule has 1 aromatic heterocycles. The van der Waals surface area contributed by atoms with Gasteiger partial charge in [0.05, 0.1) is 6.54 Å². The standard InChI is InChI=1S/C16H27N5O/c1-13-10-19(12-16-17-4-5-18-16)11-15(13)21-7-3-6-20(8-9-21)14(2)22/h4-5,13,15H,3,6-12H2,1-2H3,(H,17,18). The van der Waals surface area contributed by atoms with Gasteiger partial charge in [0.2, 0.25) is 5.91 Å². The van der Waals surface area contributed by atoms with Gasteiger partial charge < -0.3 is 9.88 Å². The van der Waals surface area contributed by atoms with Gasteiger partial charge in [0, 0.05) is 64.6 Å². The van der Waals surface area contributed by atoms with Crippen LogP contribution in [-0.4, -0.2) is 75.9 Å². The van der Waals surface area contributed by atoms with E-state index in [-0.39, 0.29) is 5.91 Å². The lowest BCUT2D eigenvalue weighted by atomic mass is 10.0. The Morgan fingerprint density at radius 1 is 1.32 bits per heavy atom. The van der Waals surface area contributed by atoms with Gasteiger partial charge in [-0.15, -0.1) is 0 Å². The predicted molar refractivity (Wildman–Crippen MR) is 85.3 cm³/mol. The highest BCUT2D eigenvalue weighted by Crippen LogP contribution is 2.24. The third-order valence-corrected chi connectivity index (χ3v) is 5.02. The molecule has 0 aromatic carbocycles. The van der Waals surface area contributed by atoms with Crippen molar-refractivity contribution in [3.8, 4) is 0 Å². The minimum absolute atomic E-state index is 0.209. The number of hydrogen-bond acceptors (Lipinski definition) is 4. The molecule has 2 saturated heterocycles. The predicted octanol–water partition coefficient (Wildman–Crippen LogP) is 0.784. The number of amides is 1. The van der Waals surface area contributed by atoms with Crippen molar-refractivity contribution >= 4 is 5.91 Å². The fourth-order valence-electron chi connectivity index (χ4n) is 3.83. The molecule has 6 nitrogen and oxygen atoms in total. The smallest absolute Gasteiger partial charge is 0.219 e. The maximum atomic E-state index is 11.6. The van der Waals surface area contributed by atoms with Crippen LogP contribution in [0.15, 0.2) is 12.4 Å². The van der Waals surface area contributed by atoms with Crippen LogP contribution in [0.25, 0.3) is 0 Å². The van der Waals surface area contributed by atoms with Crippen LogP contribution in [0.1, 0.15) is 26.1 Å². The Bertz CT molecular complexity index is 489. The van der Waals surface area contributed by atoms with Crippen LogP contribution in [0.4, 0.5) is 0 Å². The molecule has 0 radical (unpaired) electrons. The van der Waals surface area contributed by atoms with Crippen molar-refractivity contribution < 1.29 is 4.79 Å². The fraction of sp³-hybridized carbons (Fsp3) is 0.750. The second kappa shape index (κ2) is 6.79. The Hall–Kier alpha value is -1.40. The number of hydrogen-bond donors (Lipinski definition) is 1. The number of rotatable bonds is 3. The van der Waals surface area contributed by atoms with Gasteiger partial charge in [-0.2, -0.15) is 0 Å². The highest BCUT2D eigenvalue weighted by atomic mass is 16.2. The number of carbonyl (C=O) groups excluding carboxylic acids is 1. The van der Waals surface area contributed by atoms with Gasteiger partial charge in [-0.1, -0.05) is 6.92 Å². The van der Waals surface area contributed by atoms with Gasteiger partial charge >= 0.3 is 0 Å². The van der Waals surface area contributed by atoms with Crippen LogP contribution in [0.2, 0.25) is 0 Å². The summed E-state index contributed by atoms with van der Waals surface area (Å²) in [5.41, 5.74) is 0. The van der Waals surface area contributed by atoms with Crippen LogP contribution in [0.3, 0.4) is 0 Å². The van der Waals surface area contributed by atoms with E-state index in [9.17, 15) is 4.79 Å². The van der Waals surface area contributed by atoms with E-state index in [1.807, 2.05) is 17.3 Å². The quantitative estimate of drug-likeness (QED) is 0.897. The molecule has 2 atom stereocenters. The molecule has 0 spiro atoms. The molecule has 122 valence electrons. The first-order chi connectivity index (χ1) is 10.6. The Morgan fingerprint density at radius 2 is 2.18 bits per heavy atom. The van der Waals surface area contributed by atoms with Gasteiger partial charge in [0.1, 0.15) is 5.82 Å². The fourth-order valence-corrected chi connectivity index (χ4v) is 3.83. The average molecular weight is 305 g/mol. The summed E-state index contributed by atoms with van der Waals surface area (Å²) in [4.78, 5) is 26.2. The van der Waals surface area contributed by atoms with Crippen LogP contribution in [-0.2, 0) is 11.3 Å². The molecular weight excluding hydrogens is 278 g/mol. The highest BCUT2D eigenvalue weighted by molar-refractivity contribution is 5.73. The summed E-state index contributed by atoms with van der Waals surface area (Å²) in [5, 5.41) is 0. The van der Waals surface area contributed by atoms with Crippen molar-refractivity contribution in [2.75, 3.05) is 39.3 Å². The van der Waals surface area contributed by atoms with Gasteiger partial charge in [-0.3, -0.25) is 14.6 Å². The number of carbonyl (C=O) groups is 1. The van der Waals surface area contributed by atoms with Crippen molar-refractivity contribution in [1.29, 1.82) is 0 Å². The van der Waals surface area contributed by atoms with Crippen LogP contribution in [0.5, 0.6) is 0 Å². The van der Waals surface area contributed by atoms with Crippen molar-refractivity contribution in [1.82, 2.24) is 24.7 Å². The monoisotopic (exact) mass is 305 g/mol. The molecule has 2 unspecified atom stereocenters. The topological polar surface area (TPSA) is 55.5 Å². The molecule has 1 aromatic rings. The summed E-state index contributed by atoms with van der Waals surface area (Å²) in [5.74, 6) is 1.92. The molecule has 22 heavy (non-hydrogen) atoms. The van der Waals surface area contributed by atoms with Crippen LogP contribution in [0, 0.1) is 5.92 Å². The van der Waals surface area contributed by atoms with Crippen molar-refractivity contribution in [2.24, 2.45) is 5.92 Å². The number of aromatic nitrogens is 2. The van der Waals surface area contributed by atoms with E-state index in [4.69, 9.17) is 0 Å². The number of aromatic amines is 1. The minimum Gasteiger partial charge on any atom is -0.348 e. The highest BCUT2D eigenvalue weighted by Gasteiger charge is 2.34. The van der Waals surface area contributed by atoms with E-state index < -0.39 is 0 Å². The Morgan fingerprint density at radius 3 is 2.91 bits per heavy atom. The first kappa shape index (κ1) is 15.5. The maximum Gasteiger partial charge on any atom is 0.219 e. The average Bonchev–Trinajstić information content (AvgIpc) is 3.03. The number of imidazole rings is 1. The lowest BCUT2D eigenvalue weighted by Crippen LogP contribution is -2.43. The SMILES string of the molecule is CC(=O)N1CCCN(C2CN(Cc3ncc[nH]3)CC2C)CC1. The molecule has 2 fully saturated rings. The molecule has 3 heterocycles. The molecule has 0 aliphatic carbocycles. The molecule has 3 rings (SSSR count). The lowest BCUT2D eigenvalue weighted by molar-refractivity contribution is -0.128. The molecule has 0 saturated carbocycles. The normalized spacial score (nSPS) is 28.0. The molecule has 6 heteroatoms. The van der Waals surface area contributed by atoms with Gasteiger partial charge in [-0.05, 0) is 12.3 Å². The molecule has 1 N–H and O–H groups in total. The third-order valence-electron chi connectivity index (χ3n) is 5.02. The third kappa shape index (κ3) is 3.50. The second-order valence-electron chi connectivity index (χ2n) is 6.67. The van der Waals surface area contributed by atoms with E-state index in [1.54, 1.807) is 6.92 Å². The summed E-state index contributed by atoms with van der Waals surface area (Å²) >= 11 is 0. The van der Waals surface area contributed by atoms with Crippen molar-refractivity contribution in [3.05, 3.63) is 18.2 Å². The molecule has 1 amide bonds. The van der Waals surface area contributed by atoms with E-state index in [0.29, 0.717) is 12.0 Å². The van der Waals surface area contributed by atoms with E-state index in [1.165, 1.54) is 0 Å². The number of H-pyrrole nitrogens is 1. The Labute approximate surface area is 132 Å². The van der Waals surface area contributed by atoms with Crippen molar-refractivity contribution in [3.63, 3.8) is 0 Å². The number of likely N-dealkylation sites (tertiary alicyclic amines) is 1. The largest absolute Gasteiger partial charge is 0.348 e.